The minimum atomic E-state index is -5.00. The first-order valence-electron chi connectivity index (χ1n) is 20.9. The summed E-state index contributed by atoms with van der Waals surface area (Å²) in [4.78, 5) is 23.0. The van der Waals surface area contributed by atoms with Crippen molar-refractivity contribution in [2.45, 2.75) is 224 Å². The molecule has 0 aromatic heterocycles. The lowest BCUT2D eigenvalue weighted by Crippen LogP contribution is -2.64. The Bertz CT molecular complexity index is 879. The van der Waals surface area contributed by atoms with E-state index in [1.165, 1.54) is 116 Å². The van der Waals surface area contributed by atoms with E-state index >= 15 is 0 Å². The minimum Gasteiger partial charge on any atom is -0.457 e. The summed E-state index contributed by atoms with van der Waals surface area (Å²) >= 11 is 0. The first-order valence-corrected chi connectivity index (χ1v) is 22.4. The molecule has 0 aliphatic heterocycles. The molecule has 0 heterocycles. The van der Waals surface area contributed by atoms with E-state index in [1.807, 2.05) is 0 Å². The molecule has 1 fully saturated rings. The van der Waals surface area contributed by atoms with Crippen molar-refractivity contribution >= 4 is 13.8 Å². The Kier molecular flexibility index (Phi) is 29.9. The summed E-state index contributed by atoms with van der Waals surface area (Å²) in [5.74, 6) is -0.474. The smallest absolute Gasteiger partial charge is 0.457 e. The van der Waals surface area contributed by atoms with Crippen LogP contribution in [0.3, 0.4) is 0 Å². The van der Waals surface area contributed by atoms with Crippen molar-refractivity contribution in [1.29, 1.82) is 0 Å². The Balaban J connectivity index is 2.40. The second kappa shape index (κ2) is 31.5. The van der Waals surface area contributed by atoms with Gasteiger partial charge in [0.15, 0.2) is 0 Å². The highest BCUT2D eigenvalue weighted by Crippen LogP contribution is 2.47. The van der Waals surface area contributed by atoms with Gasteiger partial charge in [0, 0.05) is 13.0 Å². The van der Waals surface area contributed by atoms with Crippen LogP contribution in [0.15, 0.2) is 0 Å². The normalized spacial score (nSPS) is 23.8. The molecule has 0 amide bonds. The molecule has 1 aliphatic carbocycles. The van der Waals surface area contributed by atoms with Crippen LogP contribution in [0.25, 0.3) is 0 Å². The lowest BCUT2D eigenvalue weighted by molar-refractivity contribution is -0.220. The molecule has 0 bridgehead atoms. The van der Waals surface area contributed by atoms with Crippen molar-refractivity contribution in [1.82, 2.24) is 0 Å². The number of hydrogen-bond acceptors (Lipinski definition) is 11. The Labute approximate surface area is 315 Å². The van der Waals surface area contributed by atoms with E-state index in [9.17, 15) is 39.8 Å². The fourth-order valence-corrected chi connectivity index (χ4v) is 7.56. The Hall–Kier alpha value is -0.660. The summed E-state index contributed by atoms with van der Waals surface area (Å²) < 4.78 is 34.0. The molecule has 6 atom stereocenters. The first kappa shape index (κ1) is 49.4. The largest absolute Gasteiger partial charge is 0.472 e. The summed E-state index contributed by atoms with van der Waals surface area (Å²) in [5, 5.41) is 50.0. The third kappa shape index (κ3) is 24.0. The number of carbonyl (C=O) groups is 1. The number of hydrogen-bond donors (Lipinski definition) is 6. The molecule has 1 saturated carbocycles. The average Bonchev–Trinajstić information content (AvgIpc) is 3.12. The Morgan fingerprint density at radius 1 is 0.538 bits per heavy atom. The first-order chi connectivity index (χ1) is 25.0. The summed E-state index contributed by atoms with van der Waals surface area (Å²) in [7, 11) is -5.00. The monoisotopic (exact) mass is 769 g/mol. The van der Waals surface area contributed by atoms with Gasteiger partial charge in [0.05, 0.1) is 13.2 Å². The molecule has 0 radical (unpaired) electrons. The maximum absolute atomic E-state index is 12.7. The SMILES string of the molecule is CCCCCCCCCCCCCCCCCCC(=O)OC(COCCCCCCCCCCC)COP(=O)(O)OC1C(O)C(O)C(O)C(O)C1O. The van der Waals surface area contributed by atoms with Crippen molar-refractivity contribution in [3.05, 3.63) is 0 Å². The van der Waals surface area contributed by atoms with Gasteiger partial charge in [0.1, 0.15) is 42.7 Å². The highest BCUT2D eigenvalue weighted by atomic mass is 31.2. The summed E-state index contributed by atoms with van der Waals surface area (Å²) in [5.41, 5.74) is 0. The molecule has 6 unspecified atom stereocenters. The number of unbranched alkanes of at least 4 members (excludes halogenated alkanes) is 23. The summed E-state index contributed by atoms with van der Waals surface area (Å²) in [6, 6.07) is 0. The molecule has 0 aromatic rings. The highest BCUT2D eigenvalue weighted by Gasteiger charge is 2.51. The molecule has 0 saturated heterocycles. The van der Waals surface area contributed by atoms with E-state index in [1.54, 1.807) is 0 Å². The molecular weight excluding hydrogens is 691 g/mol. The van der Waals surface area contributed by atoms with E-state index < -0.39 is 63.1 Å². The number of carbonyl (C=O) groups excluding carboxylic acids is 1. The van der Waals surface area contributed by atoms with Gasteiger partial charge in [-0.3, -0.25) is 13.8 Å². The van der Waals surface area contributed by atoms with Gasteiger partial charge >= 0.3 is 13.8 Å². The third-order valence-corrected chi connectivity index (χ3v) is 11.0. The van der Waals surface area contributed by atoms with E-state index in [4.69, 9.17) is 18.5 Å². The predicted octanol–water partition coefficient (Wildman–Crippen LogP) is 7.42. The van der Waals surface area contributed by atoms with Crippen LogP contribution in [0, 0.1) is 0 Å². The van der Waals surface area contributed by atoms with Crippen LogP contribution in [-0.2, 0) is 27.9 Å². The standard InChI is InChI=1S/C39H77O12P/c1-3-5-7-9-11-13-14-15-16-17-18-19-20-22-24-26-28-33(40)50-32(30-48-29-27-25-23-21-12-10-8-6-4-2)31-49-52(46,47)51-39-37(44)35(42)34(41)36(43)38(39)45/h32,34-39,41-45H,3-31H2,1-2H3,(H,46,47). The van der Waals surface area contributed by atoms with Crippen molar-refractivity contribution in [3.63, 3.8) is 0 Å². The fourth-order valence-electron chi connectivity index (χ4n) is 6.59. The predicted molar refractivity (Wildman–Crippen MR) is 203 cm³/mol. The van der Waals surface area contributed by atoms with E-state index in [0.717, 1.165) is 38.5 Å². The molecule has 13 heteroatoms. The molecule has 6 N–H and O–H groups in total. The molecule has 310 valence electrons. The second-order valence-corrected chi connectivity index (χ2v) is 16.3. The number of phosphoric acid groups is 1. The average molecular weight is 769 g/mol. The van der Waals surface area contributed by atoms with Gasteiger partial charge in [-0.15, -0.1) is 0 Å². The Morgan fingerprint density at radius 3 is 1.33 bits per heavy atom. The number of esters is 1. The molecule has 0 aromatic carbocycles. The van der Waals surface area contributed by atoms with Crippen molar-refractivity contribution in [2.24, 2.45) is 0 Å². The summed E-state index contributed by atoms with van der Waals surface area (Å²) in [6.45, 7) is 4.24. The van der Waals surface area contributed by atoms with Crippen LogP contribution in [0.5, 0.6) is 0 Å². The maximum atomic E-state index is 12.7. The molecule has 1 rings (SSSR count). The van der Waals surface area contributed by atoms with Crippen molar-refractivity contribution in [2.75, 3.05) is 19.8 Å². The lowest BCUT2D eigenvalue weighted by Gasteiger charge is -2.41. The Morgan fingerprint density at radius 2 is 0.904 bits per heavy atom. The van der Waals surface area contributed by atoms with Crippen molar-refractivity contribution < 1.29 is 58.3 Å². The lowest BCUT2D eigenvalue weighted by atomic mass is 9.85. The van der Waals surface area contributed by atoms with Gasteiger partial charge in [0.25, 0.3) is 0 Å². The van der Waals surface area contributed by atoms with E-state index in [2.05, 4.69) is 13.8 Å². The van der Waals surface area contributed by atoms with Gasteiger partial charge in [-0.25, -0.2) is 4.57 Å². The molecule has 12 nitrogen and oxygen atoms in total. The van der Waals surface area contributed by atoms with Crippen molar-refractivity contribution in [3.8, 4) is 0 Å². The van der Waals surface area contributed by atoms with Crippen LogP contribution in [-0.4, -0.2) is 98.9 Å². The molecule has 52 heavy (non-hydrogen) atoms. The second-order valence-electron chi connectivity index (χ2n) is 14.9. The van der Waals surface area contributed by atoms with Crippen LogP contribution < -0.4 is 0 Å². The maximum Gasteiger partial charge on any atom is 0.472 e. The van der Waals surface area contributed by atoms with Crippen LogP contribution in [0.1, 0.15) is 181 Å². The van der Waals surface area contributed by atoms with Gasteiger partial charge < -0.3 is 39.9 Å². The highest BCUT2D eigenvalue weighted by molar-refractivity contribution is 7.47. The molecular formula is C39H77O12P. The minimum absolute atomic E-state index is 0.0694. The van der Waals surface area contributed by atoms with Gasteiger partial charge in [-0.1, -0.05) is 162 Å². The van der Waals surface area contributed by atoms with E-state index in [0.29, 0.717) is 13.0 Å². The van der Waals surface area contributed by atoms with Gasteiger partial charge in [-0.2, -0.15) is 0 Å². The number of phosphoric ester groups is 1. The van der Waals surface area contributed by atoms with Crippen LogP contribution in [0.4, 0.5) is 0 Å². The van der Waals surface area contributed by atoms with Gasteiger partial charge in [0.2, 0.25) is 0 Å². The molecule has 1 aliphatic rings. The number of aliphatic hydroxyl groups excluding tert-OH is 5. The third-order valence-electron chi connectivity index (χ3n) is 9.98. The van der Waals surface area contributed by atoms with Crippen LogP contribution >= 0.6 is 7.82 Å². The van der Waals surface area contributed by atoms with E-state index in [-0.39, 0.29) is 13.0 Å². The quantitative estimate of drug-likeness (QED) is 0.0213. The fraction of sp³-hybridized carbons (Fsp3) is 0.974. The zero-order chi connectivity index (χ0) is 38.5. The zero-order valence-corrected chi connectivity index (χ0v) is 33.5. The molecule has 0 spiro atoms. The van der Waals surface area contributed by atoms with Crippen LogP contribution in [0.2, 0.25) is 0 Å². The zero-order valence-electron chi connectivity index (χ0n) is 32.6. The summed E-state index contributed by atoms with van der Waals surface area (Å²) in [6.07, 6.45) is 17.6. The number of rotatable bonds is 35. The number of aliphatic hydroxyl groups is 5. The van der Waals surface area contributed by atoms with Gasteiger partial charge in [-0.05, 0) is 12.8 Å². The topological polar surface area (TPSA) is 192 Å². The number of ether oxygens (including phenoxy) is 2.